The van der Waals surface area contributed by atoms with Gasteiger partial charge in [0.25, 0.3) is 0 Å². The highest BCUT2D eigenvalue weighted by Crippen LogP contribution is 2.63. The largest absolute Gasteiger partial charge is 0.467 e. The molecule has 2 fully saturated rings. The Hall–Kier alpha value is -2.12. The molecule has 4 rings (SSSR count). The van der Waals surface area contributed by atoms with Crippen molar-refractivity contribution < 1.29 is 19.1 Å². The molecule has 2 aliphatic rings. The van der Waals surface area contributed by atoms with Crippen molar-refractivity contribution in [1.82, 2.24) is 10.6 Å². The van der Waals surface area contributed by atoms with E-state index in [0.29, 0.717) is 38.6 Å². The Balaban J connectivity index is 1.49. The molecule has 0 saturated heterocycles. The Kier molecular flexibility index (Phi) is 6.74. The lowest BCUT2D eigenvalue weighted by Crippen LogP contribution is -2.53. The van der Waals surface area contributed by atoms with Gasteiger partial charge in [0.05, 0.1) is 24.8 Å². The fraction of sp³-hybridized carbons (Fsp3) is 0.615. The summed E-state index contributed by atoms with van der Waals surface area (Å²) in [6.45, 7) is 6.79. The van der Waals surface area contributed by atoms with E-state index in [4.69, 9.17) is 4.42 Å². The molecule has 2 aromatic heterocycles. The van der Waals surface area contributed by atoms with Crippen LogP contribution in [0.25, 0.3) is 0 Å². The maximum absolute atomic E-state index is 12.9. The van der Waals surface area contributed by atoms with E-state index < -0.39 is 5.60 Å². The van der Waals surface area contributed by atoms with E-state index in [-0.39, 0.29) is 34.6 Å². The van der Waals surface area contributed by atoms with Crippen LogP contribution in [0.15, 0.2) is 40.3 Å². The van der Waals surface area contributed by atoms with Crippen molar-refractivity contribution in [3.8, 4) is 0 Å². The van der Waals surface area contributed by atoms with Crippen LogP contribution in [0.4, 0.5) is 0 Å². The van der Waals surface area contributed by atoms with Crippen molar-refractivity contribution in [2.45, 2.75) is 83.9 Å². The molecule has 2 aliphatic carbocycles. The van der Waals surface area contributed by atoms with Crippen molar-refractivity contribution in [2.75, 3.05) is 0 Å². The summed E-state index contributed by atoms with van der Waals surface area (Å²) < 4.78 is 5.31. The lowest BCUT2D eigenvalue weighted by atomic mass is 9.57. The van der Waals surface area contributed by atoms with Gasteiger partial charge in [-0.25, -0.2) is 0 Å². The predicted octanol–water partition coefficient (Wildman–Crippen LogP) is 4.43. The molecule has 4 atom stereocenters. The number of aliphatic hydroxyl groups is 1. The minimum Gasteiger partial charge on any atom is -0.467 e. The Morgan fingerprint density at radius 3 is 2.67 bits per heavy atom. The number of hydrogen-bond acceptors (Lipinski definition) is 5. The molecule has 2 aromatic rings. The molecule has 0 unspecified atom stereocenters. The lowest BCUT2D eigenvalue weighted by Gasteiger charge is -2.50. The molecule has 2 amide bonds. The van der Waals surface area contributed by atoms with E-state index in [2.05, 4.69) is 24.5 Å². The van der Waals surface area contributed by atoms with Gasteiger partial charge >= 0.3 is 0 Å². The summed E-state index contributed by atoms with van der Waals surface area (Å²) in [5.74, 6) is 0.996. The highest BCUT2D eigenvalue weighted by molar-refractivity contribution is 7.10. The molecular formula is C26H36N2O4S. The molecule has 2 heterocycles. The maximum atomic E-state index is 12.9. The zero-order chi connectivity index (χ0) is 23.7. The molecule has 0 aliphatic heterocycles. The van der Waals surface area contributed by atoms with E-state index in [1.165, 1.54) is 0 Å². The molecule has 0 bridgehead atoms. The molecule has 0 spiro atoms. The Labute approximate surface area is 200 Å². The first kappa shape index (κ1) is 24.0. The monoisotopic (exact) mass is 472 g/mol. The van der Waals surface area contributed by atoms with Crippen molar-refractivity contribution in [1.29, 1.82) is 0 Å². The fourth-order valence-electron chi connectivity index (χ4n) is 6.28. The minimum absolute atomic E-state index is 0.000985. The molecular weight excluding hydrogens is 436 g/mol. The van der Waals surface area contributed by atoms with E-state index in [0.717, 1.165) is 23.5 Å². The van der Waals surface area contributed by atoms with Crippen LogP contribution in [-0.4, -0.2) is 28.6 Å². The normalized spacial score (nSPS) is 30.5. The molecule has 0 aromatic carbocycles. The van der Waals surface area contributed by atoms with Gasteiger partial charge in [-0.15, -0.1) is 11.3 Å². The van der Waals surface area contributed by atoms with Crippen molar-refractivity contribution in [3.63, 3.8) is 0 Å². The summed E-state index contributed by atoms with van der Waals surface area (Å²) in [7, 11) is 0. The topological polar surface area (TPSA) is 91.6 Å². The van der Waals surface area contributed by atoms with Gasteiger partial charge in [0, 0.05) is 17.3 Å². The minimum atomic E-state index is -0.706. The van der Waals surface area contributed by atoms with Crippen molar-refractivity contribution in [3.05, 3.63) is 46.5 Å². The second-order valence-corrected chi connectivity index (χ2v) is 11.9. The van der Waals surface area contributed by atoms with Gasteiger partial charge in [-0.2, -0.15) is 0 Å². The Bertz CT molecular complexity index is 951. The van der Waals surface area contributed by atoms with Crippen LogP contribution in [0.1, 0.15) is 69.9 Å². The fourth-order valence-corrected chi connectivity index (χ4v) is 6.99. The van der Waals surface area contributed by atoms with E-state index >= 15 is 0 Å². The van der Waals surface area contributed by atoms with E-state index in [1.54, 1.807) is 17.6 Å². The van der Waals surface area contributed by atoms with Gasteiger partial charge in [0.2, 0.25) is 11.8 Å². The van der Waals surface area contributed by atoms with Gasteiger partial charge < -0.3 is 20.2 Å². The number of amides is 2. The third kappa shape index (κ3) is 5.35. The third-order valence-corrected chi connectivity index (χ3v) is 8.82. The van der Waals surface area contributed by atoms with Crippen LogP contribution in [-0.2, 0) is 22.6 Å². The highest BCUT2D eigenvalue weighted by atomic mass is 32.1. The van der Waals surface area contributed by atoms with Crippen LogP contribution in [0.3, 0.4) is 0 Å². The van der Waals surface area contributed by atoms with Crippen LogP contribution < -0.4 is 10.6 Å². The number of carbonyl (C=O) groups excluding carboxylic acids is 2. The van der Waals surface area contributed by atoms with Crippen LogP contribution in [0, 0.1) is 16.7 Å². The molecule has 33 heavy (non-hydrogen) atoms. The molecule has 2 saturated carbocycles. The molecule has 6 nitrogen and oxygen atoms in total. The highest BCUT2D eigenvalue weighted by Gasteiger charge is 2.61. The van der Waals surface area contributed by atoms with Gasteiger partial charge in [-0.05, 0) is 79.4 Å². The maximum Gasteiger partial charge on any atom is 0.225 e. The summed E-state index contributed by atoms with van der Waals surface area (Å²) in [4.78, 5) is 26.7. The van der Waals surface area contributed by atoms with Gasteiger partial charge in [0.15, 0.2) is 0 Å². The molecule has 7 heteroatoms. The van der Waals surface area contributed by atoms with E-state index in [1.807, 2.05) is 36.6 Å². The third-order valence-electron chi connectivity index (χ3n) is 7.94. The van der Waals surface area contributed by atoms with Crippen LogP contribution in [0.5, 0.6) is 0 Å². The van der Waals surface area contributed by atoms with E-state index in [9.17, 15) is 14.7 Å². The summed E-state index contributed by atoms with van der Waals surface area (Å²) in [5.41, 5.74) is -0.933. The lowest BCUT2D eigenvalue weighted by molar-refractivity contribution is -0.125. The smallest absolute Gasteiger partial charge is 0.225 e. The second kappa shape index (κ2) is 9.26. The Morgan fingerprint density at radius 1 is 1.15 bits per heavy atom. The first-order valence-corrected chi connectivity index (χ1v) is 12.8. The number of thiophene rings is 1. The standard InChI is InChI=1S/C26H36N2O4S/c1-24(2)16-21(28-23(30)14-19-7-5-13-33-19)26(11-10-25(3,31)15-20(24)26)9-8-22(29)27-17-18-6-4-12-32-18/h4-7,12-13,20-21,31H,8-11,14-17H2,1-3H3,(H,27,29)(H,28,30)/t20-,21-,25+,26+/m0/s1. The van der Waals surface area contributed by atoms with Crippen molar-refractivity contribution in [2.24, 2.45) is 16.7 Å². The molecule has 3 N–H and O–H groups in total. The summed E-state index contributed by atoms with van der Waals surface area (Å²) in [5, 5.41) is 19.2. The predicted molar refractivity (Wildman–Crippen MR) is 129 cm³/mol. The number of furan rings is 1. The molecule has 180 valence electrons. The number of carbonyl (C=O) groups is 2. The van der Waals surface area contributed by atoms with Crippen LogP contribution >= 0.6 is 11.3 Å². The first-order valence-electron chi connectivity index (χ1n) is 11.9. The average Bonchev–Trinajstić information content (AvgIpc) is 3.47. The second-order valence-electron chi connectivity index (χ2n) is 10.9. The van der Waals surface area contributed by atoms with Crippen molar-refractivity contribution >= 4 is 23.2 Å². The SMILES string of the molecule is CC1(C)C[C@H](NC(=O)Cc2cccs2)[C@]2(CCC(=O)NCc3ccco3)CC[C@@](C)(O)C[C@@H]12. The number of hydrogen-bond donors (Lipinski definition) is 3. The zero-order valence-electron chi connectivity index (χ0n) is 19.9. The average molecular weight is 473 g/mol. The summed E-state index contributed by atoms with van der Waals surface area (Å²) >= 11 is 1.59. The van der Waals surface area contributed by atoms with Gasteiger partial charge in [-0.1, -0.05) is 19.9 Å². The van der Waals surface area contributed by atoms with Gasteiger partial charge in [0.1, 0.15) is 5.76 Å². The van der Waals surface area contributed by atoms with Crippen LogP contribution in [0.2, 0.25) is 0 Å². The Morgan fingerprint density at radius 2 is 1.97 bits per heavy atom. The summed E-state index contributed by atoms with van der Waals surface area (Å²) in [6.07, 6.45) is 6.13. The number of nitrogens with one attached hydrogen (secondary N) is 2. The summed E-state index contributed by atoms with van der Waals surface area (Å²) in [6, 6.07) is 7.61. The first-order chi connectivity index (χ1) is 15.6. The zero-order valence-corrected chi connectivity index (χ0v) is 20.7. The number of rotatable bonds is 8. The van der Waals surface area contributed by atoms with Gasteiger partial charge in [-0.3, -0.25) is 9.59 Å². The quantitative estimate of drug-likeness (QED) is 0.530. The molecule has 0 radical (unpaired) electrons. The number of fused-ring (bicyclic) bond motifs is 1.